The van der Waals surface area contributed by atoms with Crippen molar-refractivity contribution >= 4 is 10.9 Å². The Labute approximate surface area is 221 Å². The predicted molar refractivity (Wildman–Crippen MR) is 145 cm³/mol. The van der Waals surface area contributed by atoms with E-state index >= 15 is 0 Å². The molecule has 1 spiro atoms. The van der Waals surface area contributed by atoms with Gasteiger partial charge in [0, 0.05) is 42.1 Å². The topological polar surface area (TPSA) is 57.9 Å². The van der Waals surface area contributed by atoms with Gasteiger partial charge in [0.15, 0.2) is 17.6 Å². The average molecular weight is 503 g/mol. The van der Waals surface area contributed by atoms with Crippen molar-refractivity contribution in [2.24, 2.45) is 5.92 Å². The van der Waals surface area contributed by atoms with Crippen molar-refractivity contribution in [3.8, 4) is 22.6 Å². The summed E-state index contributed by atoms with van der Waals surface area (Å²) in [4.78, 5) is 2.61. The van der Waals surface area contributed by atoms with Gasteiger partial charge in [0.25, 0.3) is 0 Å². The SMILES string of the molecule is Oc1ccc2c3c1O[C@H]1c4c(c5cccc6c5n4Cc4ccccc4-6)C[C@@]4(O)[C@@H](C2)N(CC2CC2)CC[C@]314. The standard InChI is InChI=1S/C33H30N2O3/c36-25-11-10-19-14-26-33(37)15-24-23-7-3-6-22-21-5-2-1-4-20(21)17-35(28(22)23)29(24)31-32(33,27(19)30(25)38-31)12-13-34(26)16-18-8-9-18/h1-7,10-11,18,26,31,36-37H,8-9,12-17H2/t26-,31+,32+,33-/m1/s1. The van der Waals surface area contributed by atoms with Gasteiger partial charge in [-0.1, -0.05) is 48.5 Å². The van der Waals surface area contributed by atoms with Crippen molar-refractivity contribution in [1.82, 2.24) is 9.47 Å². The second-order valence-electron chi connectivity index (χ2n) is 12.7. The van der Waals surface area contributed by atoms with Crippen LogP contribution in [-0.4, -0.2) is 44.4 Å². The summed E-state index contributed by atoms with van der Waals surface area (Å²) in [5.41, 5.74) is 8.47. The predicted octanol–water partition coefficient (Wildman–Crippen LogP) is 5.07. The zero-order valence-electron chi connectivity index (χ0n) is 21.3. The minimum Gasteiger partial charge on any atom is -0.504 e. The Morgan fingerprint density at radius 2 is 1.84 bits per heavy atom. The van der Waals surface area contributed by atoms with E-state index in [0.29, 0.717) is 12.2 Å². The molecule has 1 aromatic heterocycles. The van der Waals surface area contributed by atoms with Crippen molar-refractivity contribution in [1.29, 1.82) is 0 Å². The lowest BCUT2D eigenvalue weighted by Gasteiger charge is -2.63. The Kier molecular flexibility index (Phi) is 3.51. The van der Waals surface area contributed by atoms with Crippen LogP contribution in [0.25, 0.3) is 22.0 Å². The van der Waals surface area contributed by atoms with E-state index in [1.165, 1.54) is 57.3 Å². The zero-order chi connectivity index (χ0) is 25.0. The van der Waals surface area contributed by atoms with Crippen LogP contribution < -0.4 is 4.74 Å². The number of nitrogens with zero attached hydrogens (tertiary/aromatic N) is 2. The lowest BCUT2D eigenvalue weighted by atomic mass is 9.49. The number of likely N-dealkylation sites (tertiary alicyclic amines) is 1. The summed E-state index contributed by atoms with van der Waals surface area (Å²) >= 11 is 0. The van der Waals surface area contributed by atoms with Crippen molar-refractivity contribution in [3.63, 3.8) is 0 Å². The highest BCUT2D eigenvalue weighted by Gasteiger charge is 2.73. The van der Waals surface area contributed by atoms with E-state index in [2.05, 4.69) is 58.0 Å². The summed E-state index contributed by atoms with van der Waals surface area (Å²) in [6.07, 6.45) is 4.61. The summed E-state index contributed by atoms with van der Waals surface area (Å²) in [5.74, 6) is 1.59. The number of aliphatic hydroxyl groups is 1. The number of fused-ring (bicyclic) bond motifs is 6. The van der Waals surface area contributed by atoms with Crippen LogP contribution in [0.15, 0.2) is 54.6 Å². The minimum absolute atomic E-state index is 0.0583. The molecule has 4 heterocycles. The number of piperidine rings is 1. The summed E-state index contributed by atoms with van der Waals surface area (Å²) in [6, 6.07) is 19.4. The molecule has 0 unspecified atom stereocenters. The van der Waals surface area contributed by atoms with E-state index in [9.17, 15) is 10.2 Å². The fourth-order valence-corrected chi connectivity index (χ4v) is 9.38. The van der Waals surface area contributed by atoms with E-state index < -0.39 is 11.0 Å². The lowest BCUT2D eigenvalue weighted by molar-refractivity contribution is -0.173. The molecule has 3 aliphatic heterocycles. The van der Waals surface area contributed by atoms with Crippen molar-refractivity contribution < 1.29 is 14.9 Å². The maximum absolute atomic E-state index is 13.1. The number of phenols is 1. The second kappa shape index (κ2) is 6.47. The number of aromatic nitrogens is 1. The zero-order valence-corrected chi connectivity index (χ0v) is 21.3. The van der Waals surface area contributed by atoms with Crippen LogP contribution in [0.1, 0.15) is 53.3 Å². The Morgan fingerprint density at radius 3 is 2.74 bits per heavy atom. The molecule has 38 heavy (non-hydrogen) atoms. The maximum Gasteiger partial charge on any atom is 0.166 e. The van der Waals surface area contributed by atoms with Crippen LogP contribution in [0.4, 0.5) is 0 Å². The van der Waals surface area contributed by atoms with E-state index in [-0.39, 0.29) is 17.9 Å². The fraction of sp³-hybridized carbons (Fsp3) is 0.394. The molecular formula is C33H30N2O3. The van der Waals surface area contributed by atoms with E-state index in [1.54, 1.807) is 6.07 Å². The number of hydrogen-bond donors (Lipinski definition) is 2. The Balaban J connectivity index is 1.28. The van der Waals surface area contributed by atoms with Crippen LogP contribution in [0, 0.1) is 5.92 Å². The smallest absolute Gasteiger partial charge is 0.166 e. The first-order chi connectivity index (χ1) is 18.6. The monoisotopic (exact) mass is 502 g/mol. The van der Waals surface area contributed by atoms with Gasteiger partial charge in [-0.25, -0.2) is 0 Å². The molecule has 5 nitrogen and oxygen atoms in total. The van der Waals surface area contributed by atoms with Gasteiger partial charge in [0.2, 0.25) is 0 Å². The van der Waals surface area contributed by atoms with Crippen LogP contribution in [0.5, 0.6) is 11.5 Å². The van der Waals surface area contributed by atoms with Crippen molar-refractivity contribution in [2.45, 2.75) is 61.8 Å². The average Bonchev–Trinajstić information content (AvgIpc) is 3.60. The highest BCUT2D eigenvalue weighted by molar-refractivity contribution is 6.00. The normalized spacial score (nSPS) is 31.5. The molecule has 4 aromatic rings. The number of hydrogen-bond acceptors (Lipinski definition) is 4. The van der Waals surface area contributed by atoms with Gasteiger partial charge in [-0.15, -0.1) is 0 Å². The third-order valence-corrected chi connectivity index (χ3v) is 11.1. The number of para-hydroxylation sites is 1. The molecule has 0 amide bonds. The highest BCUT2D eigenvalue weighted by Crippen LogP contribution is 2.69. The van der Waals surface area contributed by atoms with Gasteiger partial charge in [0.1, 0.15) is 0 Å². The molecule has 3 aliphatic carbocycles. The summed E-state index contributed by atoms with van der Waals surface area (Å²) < 4.78 is 9.39. The summed E-state index contributed by atoms with van der Waals surface area (Å²) in [7, 11) is 0. The molecule has 1 saturated carbocycles. The highest BCUT2D eigenvalue weighted by atomic mass is 16.5. The fourth-order valence-electron chi connectivity index (χ4n) is 9.38. The summed E-state index contributed by atoms with van der Waals surface area (Å²) in [5, 5.41) is 25.4. The van der Waals surface area contributed by atoms with Gasteiger partial charge >= 0.3 is 0 Å². The largest absolute Gasteiger partial charge is 0.504 e. The lowest BCUT2D eigenvalue weighted by Crippen LogP contribution is -2.74. The number of benzene rings is 3. The second-order valence-corrected chi connectivity index (χ2v) is 12.7. The van der Waals surface area contributed by atoms with Crippen LogP contribution in [0.3, 0.4) is 0 Å². The molecule has 2 fully saturated rings. The van der Waals surface area contributed by atoms with Crippen LogP contribution in [-0.2, 0) is 24.8 Å². The van der Waals surface area contributed by atoms with Gasteiger partial charge in [-0.05, 0) is 66.5 Å². The number of phenolic OH excluding ortho intramolecular Hbond substituents is 1. The van der Waals surface area contributed by atoms with Crippen LogP contribution >= 0.6 is 0 Å². The molecule has 3 aromatic carbocycles. The number of ether oxygens (including phenoxy) is 1. The first-order valence-electron chi connectivity index (χ1n) is 14.3. The van der Waals surface area contributed by atoms with Gasteiger partial charge in [-0.3, -0.25) is 4.90 Å². The molecular weight excluding hydrogens is 472 g/mol. The first kappa shape index (κ1) is 20.7. The molecule has 4 atom stereocenters. The van der Waals surface area contributed by atoms with Crippen molar-refractivity contribution in [3.05, 3.63) is 82.5 Å². The Bertz CT molecular complexity index is 1730. The number of rotatable bonds is 2. The Hall–Kier alpha value is -3.28. The van der Waals surface area contributed by atoms with E-state index in [4.69, 9.17) is 4.74 Å². The van der Waals surface area contributed by atoms with Gasteiger partial charge in [0.05, 0.1) is 22.2 Å². The maximum atomic E-state index is 13.1. The molecule has 5 heteroatoms. The van der Waals surface area contributed by atoms with E-state index in [1.807, 2.05) is 0 Å². The first-order valence-corrected chi connectivity index (χ1v) is 14.3. The van der Waals surface area contributed by atoms with E-state index in [0.717, 1.165) is 44.0 Å². The van der Waals surface area contributed by atoms with Crippen molar-refractivity contribution in [2.75, 3.05) is 13.1 Å². The molecule has 2 bridgehead atoms. The third-order valence-electron chi connectivity index (χ3n) is 11.1. The van der Waals surface area contributed by atoms with Crippen LogP contribution in [0.2, 0.25) is 0 Å². The Morgan fingerprint density at radius 1 is 0.974 bits per heavy atom. The molecule has 1 saturated heterocycles. The number of aromatic hydroxyl groups is 1. The van der Waals surface area contributed by atoms with Gasteiger partial charge in [-0.2, -0.15) is 0 Å². The molecule has 190 valence electrons. The molecule has 10 rings (SSSR count). The van der Waals surface area contributed by atoms with Gasteiger partial charge < -0.3 is 19.5 Å². The molecule has 0 radical (unpaired) electrons. The molecule has 2 N–H and O–H groups in total. The third kappa shape index (κ3) is 2.15. The minimum atomic E-state index is -0.945. The quantitative estimate of drug-likeness (QED) is 0.354. The molecule has 6 aliphatic rings. The summed E-state index contributed by atoms with van der Waals surface area (Å²) in [6.45, 7) is 2.87.